The minimum absolute atomic E-state index is 0.0978. The van der Waals surface area contributed by atoms with Crippen molar-refractivity contribution in [3.63, 3.8) is 0 Å². The van der Waals surface area contributed by atoms with Gasteiger partial charge in [0.15, 0.2) is 0 Å². The van der Waals surface area contributed by atoms with Crippen LogP contribution in [0.4, 0.5) is 0 Å². The lowest BCUT2D eigenvalue weighted by Gasteiger charge is -2.57. The van der Waals surface area contributed by atoms with Crippen LogP contribution in [-0.4, -0.2) is 46.6 Å². The van der Waals surface area contributed by atoms with Crippen LogP contribution in [0.15, 0.2) is 36.8 Å². The average molecular weight is 374 g/mol. The molecule has 1 saturated heterocycles. The van der Waals surface area contributed by atoms with E-state index in [9.17, 15) is 13.5 Å². The molecule has 1 aliphatic carbocycles. The number of imidazole rings is 1. The van der Waals surface area contributed by atoms with Crippen LogP contribution in [0.3, 0.4) is 0 Å². The van der Waals surface area contributed by atoms with Crippen molar-refractivity contribution in [1.82, 2.24) is 13.9 Å². The molecule has 1 spiro atoms. The Hall–Kier alpha value is -1.74. The molecule has 3 aliphatic rings. The number of aromatic nitrogens is 2. The molecule has 7 nitrogen and oxygen atoms in total. The maximum absolute atomic E-state index is 11.5. The van der Waals surface area contributed by atoms with Gasteiger partial charge in [0.05, 0.1) is 30.4 Å². The molecular weight excluding hydrogens is 352 g/mol. The van der Waals surface area contributed by atoms with Crippen molar-refractivity contribution in [3.05, 3.63) is 42.4 Å². The largest absolute Gasteiger partial charge is 0.392 e. The summed E-state index contributed by atoms with van der Waals surface area (Å²) in [6, 6.07) is 8.40. The lowest BCUT2D eigenvalue weighted by atomic mass is 9.53. The van der Waals surface area contributed by atoms with Gasteiger partial charge in [0, 0.05) is 24.6 Å². The Morgan fingerprint density at radius 1 is 1.23 bits per heavy atom. The summed E-state index contributed by atoms with van der Waals surface area (Å²) in [6.45, 7) is 0.778. The van der Waals surface area contributed by atoms with Crippen LogP contribution in [0.1, 0.15) is 30.9 Å². The molecule has 2 fully saturated rings. The SMILES string of the molecule is NS(=O)(=O)N1CCC2(CC1)C[C@@H]([C@H]1c3ccccc3-c3cncn31)[C@H]2O. The van der Waals surface area contributed by atoms with Gasteiger partial charge in [-0.1, -0.05) is 24.3 Å². The third-order valence-electron chi connectivity index (χ3n) is 6.68. The van der Waals surface area contributed by atoms with E-state index in [1.807, 2.05) is 24.7 Å². The van der Waals surface area contributed by atoms with Gasteiger partial charge in [-0.2, -0.15) is 12.7 Å². The lowest BCUT2D eigenvalue weighted by Crippen LogP contribution is -2.60. The van der Waals surface area contributed by atoms with Gasteiger partial charge in [-0.05, 0) is 30.2 Å². The Balaban J connectivity index is 1.40. The van der Waals surface area contributed by atoms with E-state index in [0.717, 1.165) is 12.1 Å². The average Bonchev–Trinajstić information content (AvgIpc) is 3.20. The molecule has 3 N–H and O–H groups in total. The van der Waals surface area contributed by atoms with Crippen molar-refractivity contribution in [1.29, 1.82) is 0 Å². The second-order valence-corrected chi connectivity index (χ2v) is 9.38. The van der Waals surface area contributed by atoms with Crippen molar-refractivity contribution < 1.29 is 13.5 Å². The summed E-state index contributed by atoms with van der Waals surface area (Å²) in [5.41, 5.74) is 3.34. The minimum atomic E-state index is -3.64. The van der Waals surface area contributed by atoms with Crippen LogP contribution in [0.5, 0.6) is 0 Å². The van der Waals surface area contributed by atoms with E-state index in [4.69, 9.17) is 5.14 Å². The molecule has 138 valence electrons. The van der Waals surface area contributed by atoms with E-state index in [2.05, 4.69) is 21.7 Å². The summed E-state index contributed by atoms with van der Waals surface area (Å²) in [6.07, 6.45) is 5.49. The zero-order valence-corrected chi connectivity index (χ0v) is 15.1. The number of hydrogen-bond acceptors (Lipinski definition) is 4. The summed E-state index contributed by atoms with van der Waals surface area (Å²) in [4.78, 5) is 4.29. The van der Waals surface area contributed by atoms with Crippen molar-refractivity contribution in [2.75, 3.05) is 13.1 Å². The number of nitrogens with zero attached hydrogens (tertiary/aromatic N) is 3. The Kier molecular flexibility index (Phi) is 3.40. The first-order valence-corrected chi connectivity index (χ1v) is 10.5. The summed E-state index contributed by atoms with van der Waals surface area (Å²) in [5.74, 6) is 0.118. The van der Waals surface area contributed by atoms with Gasteiger partial charge in [-0.3, -0.25) is 0 Å². The van der Waals surface area contributed by atoms with E-state index >= 15 is 0 Å². The van der Waals surface area contributed by atoms with Gasteiger partial charge in [-0.15, -0.1) is 0 Å². The Labute approximate surface area is 152 Å². The smallest absolute Gasteiger partial charge is 0.276 e. The fourth-order valence-corrected chi connectivity index (χ4v) is 5.97. The highest BCUT2D eigenvalue weighted by molar-refractivity contribution is 7.86. The van der Waals surface area contributed by atoms with Crippen LogP contribution in [-0.2, 0) is 10.2 Å². The van der Waals surface area contributed by atoms with Crippen LogP contribution in [0.2, 0.25) is 0 Å². The molecular formula is C18H22N4O3S. The Morgan fingerprint density at radius 2 is 1.96 bits per heavy atom. The monoisotopic (exact) mass is 374 g/mol. The zero-order valence-electron chi connectivity index (χ0n) is 14.3. The molecule has 0 radical (unpaired) electrons. The maximum atomic E-state index is 11.5. The first kappa shape index (κ1) is 16.4. The van der Waals surface area contributed by atoms with Crippen LogP contribution < -0.4 is 5.14 Å². The van der Waals surface area contributed by atoms with Gasteiger partial charge < -0.3 is 9.67 Å². The van der Waals surface area contributed by atoms with Crippen molar-refractivity contribution in [2.45, 2.75) is 31.4 Å². The number of aliphatic hydroxyl groups excluding tert-OH is 1. The Morgan fingerprint density at radius 3 is 2.65 bits per heavy atom. The predicted molar refractivity (Wildman–Crippen MR) is 96.3 cm³/mol. The first-order chi connectivity index (χ1) is 12.4. The molecule has 26 heavy (non-hydrogen) atoms. The topological polar surface area (TPSA) is 101 Å². The standard InChI is InChI=1S/C18H22N4O3S/c19-26(24,25)21-7-5-18(6-8-21)9-14(17(18)23)16-13-4-2-1-3-12(13)15-10-20-11-22(15)16/h1-4,10-11,14,16-17,23H,5-9H2,(H2,19,24,25)/t14-,16+,17+/m0/s1. The molecule has 2 aromatic rings. The number of rotatable bonds is 2. The minimum Gasteiger partial charge on any atom is -0.392 e. The molecule has 0 bridgehead atoms. The number of fused-ring (bicyclic) bond motifs is 3. The number of aliphatic hydroxyl groups is 1. The van der Waals surface area contributed by atoms with E-state index in [1.54, 1.807) is 0 Å². The highest BCUT2D eigenvalue weighted by Crippen LogP contribution is 2.59. The van der Waals surface area contributed by atoms with Crippen molar-refractivity contribution in [2.24, 2.45) is 16.5 Å². The van der Waals surface area contributed by atoms with Crippen LogP contribution >= 0.6 is 0 Å². The first-order valence-electron chi connectivity index (χ1n) is 8.98. The number of hydrogen-bond donors (Lipinski definition) is 2. The molecule has 3 heterocycles. The van der Waals surface area contributed by atoms with Gasteiger partial charge in [0.25, 0.3) is 10.2 Å². The van der Waals surface area contributed by atoms with E-state index < -0.39 is 16.3 Å². The highest BCUT2D eigenvalue weighted by Gasteiger charge is 2.58. The fourth-order valence-electron chi connectivity index (χ4n) is 5.28. The van der Waals surface area contributed by atoms with Gasteiger partial charge in [0.1, 0.15) is 0 Å². The van der Waals surface area contributed by atoms with Gasteiger partial charge >= 0.3 is 0 Å². The molecule has 1 aromatic carbocycles. The third kappa shape index (κ3) is 2.16. The summed E-state index contributed by atoms with van der Waals surface area (Å²) < 4.78 is 26.6. The molecule has 0 amide bonds. The molecule has 8 heteroatoms. The quantitative estimate of drug-likeness (QED) is 0.822. The maximum Gasteiger partial charge on any atom is 0.276 e. The fraction of sp³-hybridized carbons (Fsp3) is 0.500. The van der Waals surface area contributed by atoms with E-state index in [-0.39, 0.29) is 17.4 Å². The highest BCUT2D eigenvalue weighted by atomic mass is 32.2. The second-order valence-electron chi connectivity index (χ2n) is 7.84. The summed E-state index contributed by atoms with van der Waals surface area (Å²) >= 11 is 0. The second kappa shape index (κ2) is 5.39. The molecule has 2 aliphatic heterocycles. The molecule has 1 aromatic heterocycles. The summed E-state index contributed by atoms with van der Waals surface area (Å²) in [7, 11) is -3.64. The van der Waals surface area contributed by atoms with E-state index in [0.29, 0.717) is 25.9 Å². The van der Waals surface area contributed by atoms with Gasteiger partial charge in [-0.25, -0.2) is 10.1 Å². The lowest BCUT2D eigenvalue weighted by molar-refractivity contribution is -0.152. The van der Waals surface area contributed by atoms with Crippen LogP contribution in [0.25, 0.3) is 11.3 Å². The van der Waals surface area contributed by atoms with Crippen molar-refractivity contribution >= 4 is 10.2 Å². The molecule has 0 unspecified atom stereocenters. The van der Waals surface area contributed by atoms with Crippen LogP contribution in [0, 0.1) is 11.3 Å². The Bertz CT molecular complexity index is 962. The third-order valence-corrected chi connectivity index (χ3v) is 7.76. The predicted octanol–water partition coefficient (Wildman–Crippen LogP) is 1.12. The van der Waals surface area contributed by atoms with E-state index in [1.165, 1.54) is 15.4 Å². The molecule has 5 rings (SSSR count). The number of piperidine rings is 1. The molecule has 3 atom stereocenters. The number of benzene rings is 1. The van der Waals surface area contributed by atoms with Crippen molar-refractivity contribution in [3.8, 4) is 11.3 Å². The zero-order chi connectivity index (χ0) is 18.1. The number of nitrogens with two attached hydrogens (primary N) is 1. The van der Waals surface area contributed by atoms with Gasteiger partial charge in [0.2, 0.25) is 0 Å². The normalized spacial score (nSPS) is 30.0. The summed E-state index contributed by atoms with van der Waals surface area (Å²) in [5, 5.41) is 16.3. The molecule has 1 saturated carbocycles.